The summed E-state index contributed by atoms with van der Waals surface area (Å²) in [6.07, 6.45) is 16.7. The molecule has 21 heteroatoms. The Hall–Kier alpha value is -15.2. The van der Waals surface area contributed by atoms with E-state index in [4.69, 9.17) is 29.6 Å². The van der Waals surface area contributed by atoms with Gasteiger partial charge in [-0.2, -0.15) is 0 Å². The number of ketones is 2. The number of fused-ring (bicyclic) bond motifs is 5. The normalized spacial score (nSPS) is 10.3. The van der Waals surface area contributed by atoms with Crippen molar-refractivity contribution in [3.8, 4) is 124 Å². The first-order valence-corrected chi connectivity index (χ1v) is 45.9. The molecule has 0 fully saturated rings. The summed E-state index contributed by atoms with van der Waals surface area (Å²) in [5, 5.41) is 23.7. The third-order valence-electron chi connectivity index (χ3n) is 21.4. The maximum atomic E-state index is 10.0. The van der Waals surface area contributed by atoms with Gasteiger partial charge in [-0.1, -0.05) is 251 Å². The Bertz CT molecular complexity index is 7600. The summed E-state index contributed by atoms with van der Waals surface area (Å²) < 4.78 is 6.01. The monoisotopic (exact) mass is 2810 g/mol. The topological polar surface area (TPSA) is 230 Å². The van der Waals surface area contributed by atoms with E-state index in [1.54, 1.807) is 31.0 Å². The molecule has 22 aromatic rings. The number of aryl methyl sites for hydroxylation is 5. The molecule has 0 aliphatic heterocycles. The van der Waals surface area contributed by atoms with Gasteiger partial charge in [0.25, 0.3) is 0 Å². The largest absolute Gasteiger partial charge is 0.512 e. The second-order valence-electron chi connectivity index (χ2n) is 32.6. The summed E-state index contributed by atoms with van der Waals surface area (Å²) in [6.45, 7) is 16.1. The van der Waals surface area contributed by atoms with Crippen molar-refractivity contribution < 1.29 is 125 Å². The number of furan rings is 1. The van der Waals surface area contributed by atoms with Gasteiger partial charge in [-0.25, -0.2) is 15.0 Å². The van der Waals surface area contributed by atoms with Gasteiger partial charge >= 0.3 is 0 Å². The number of benzene rings is 12. The number of hydrogen-bond donors (Lipinski definition) is 2. The van der Waals surface area contributed by atoms with Crippen LogP contribution in [0.25, 0.3) is 168 Å². The number of pyridine rings is 8. The number of aromatic nitrogens is 11. The van der Waals surface area contributed by atoms with Crippen LogP contribution in [0, 0.1) is 77.1 Å². The molecule has 22 rings (SSSR count). The fraction of sp³-hybridized carbons (Fsp3) is 0.0714. The van der Waals surface area contributed by atoms with Crippen LogP contribution in [0.1, 0.15) is 55.5 Å². The molecule has 5 radical (unpaired) electrons. The van der Waals surface area contributed by atoms with E-state index in [-0.39, 0.29) is 124 Å². The molecular formula is C126H100Ir5N11O5-7. The second kappa shape index (κ2) is 59.9. The van der Waals surface area contributed by atoms with E-state index in [9.17, 15) is 9.59 Å². The molecule has 147 heavy (non-hydrogen) atoms. The zero-order valence-corrected chi connectivity index (χ0v) is 93.7. The molecule has 0 bridgehead atoms. The summed E-state index contributed by atoms with van der Waals surface area (Å²) in [5.74, 6) is 1.80. The fourth-order valence-electron chi connectivity index (χ4n) is 14.7. The molecule has 0 saturated heterocycles. The first-order valence-electron chi connectivity index (χ1n) is 45.9. The average Bonchev–Trinajstić information content (AvgIpc) is 1.61. The molecule has 0 amide bonds. The fourth-order valence-corrected chi connectivity index (χ4v) is 14.7. The molecule has 10 aromatic heterocycles. The number of aliphatic hydroxyl groups is 2. The maximum Gasteiger partial charge on any atom is 0.163 e. The molecule has 0 spiro atoms. The predicted molar refractivity (Wildman–Crippen MR) is 573 cm³/mol. The van der Waals surface area contributed by atoms with E-state index in [1.165, 1.54) is 78.4 Å². The Morgan fingerprint density at radius 3 is 1.14 bits per heavy atom. The second-order valence-corrected chi connectivity index (χ2v) is 32.6. The van der Waals surface area contributed by atoms with Crippen molar-refractivity contribution in [3.05, 3.63) is 514 Å². The van der Waals surface area contributed by atoms with Crippen molar-refractivity contribution >= 4 is 55.0 Å². The van der Waals surface area contributed by atoms with E-state index in [2.05, 4.69) is 202 Å². The smallest absolute Gasteiger partial charge is 0.163 e. The van der Waals surface area contributed by atoms with Gasteiger partial charge < -0.3 is 39.6 Å². The van der Waals surface area contributed by atoms with Crippen LogP contribution < -0.4 is 0 Å². The van der Waals surface area contributed by atoms with E-state index < -0.39 is 0 Å². The van der Waals surface area contributed by atoms with E-state index >= 15 is 0 Å². The van der Waals surface area contributed by atoms with Crippen molar-refractivity contribution in [3.63, 3.8) is 0 Å². The molecule has 0 aliphatic carbocycles. The van der Waals surface area contributed by atoms with E-state index in [0.29, 0.717) is 17.5 Å². The molecule has 0 atom stereocenters. The van der Waals surface area contributed by atoms with Gasteiger partial charge in [0, 0.05) is 190 Å². The number of carbonyl (C=O) groups excluding carboxylic acids is 2. The van der Waals surface area contributed by atoms with Gasteiger partial charge in [0.15, 0.2) is 23.2 Å². The van der Waals surface area contributed by atoms with Gasteiger partial charge in [-0.3, -0.25) is 24.5 Å². The number of rotatable bonds is 13. The number of nitrogens with zero attached hydrogens (tertiary/aromatic N) is 11. The zero-order valence-electron chi connectivity index (χ0n) is 81.7. The quantitative estimate of drug-likeness (QED) is 0.0621. The Morgan fingerprint density at radius 1 is 0.279 bits per heavy atom. The molecule has 2 N–H and O–H groups in total. The number of allylic oxidation sites excluding steroid dienone is 4. The minimum Gasteiger partial charge on any atom is -0.512 e. The van der Waals surface area contributed by atoms with Crippen LogP contribution in [0.3, 0.4) is 0 Å². The minimum atomic E-state index is -0.125. The van der Waals surface area contributed by atoms with Crippen LogP contribution >= 0.6 is 0 Å². The summed E-state index contributed by atoms with van der Waals surface area (Å²) in [6, 6.07) is 145. The Balaban J connectivity index is 0.000000189. The zero-order chi connectivity index (χ0) is 99.2. The van der Waals surface area contributed by atoms with E-state index in [0.717, 1.165) is 139 Å². The molecule has 0 unspecified atom stereocenters. The van der Waals surface area contributed by atoms with Crippen molar-refractivity contribution in [2.75, 3.05) is 0 Å². The van der Waals surface area contributed by atoms with Gasteiger partial charge in [0.05, 0.1) is 22.8 Å². The third-order valence-corrected chi connectivity index (χ3v) is 21.4. The minimum absolute atomic E-state index is 0. The number of hydrogen-bond acceptors (Lipinski definition) is 16. The average molecular weight is 2810 g/mol. The summed E-state index contributed by atoms with van der Waals surface area (Å²) in [4.78, 5) is 69.1. The van der Waals surface area contributed by atoms with Crippen LogP contribution in [0.5, 0.6) is 0 Å². The Morgan fingerprint density at radius 2 is 0.687 bits per heavy atom. The molecule has 741 valence electrons. The van der Waals surface area contributed by atoms with Gasteiger partial charge in [0.1, 0.15) is 11.4 Å². The number of para-hydroxylation sites is 1. The molecule has 0 aliphatic rings. The van der Waals surface area contributed by atoms with Gasteiger partial charge in [-0.15, -0.1) is 214 Å². The van der Waals surface area contributed by atoms with Crippen molar-refractivity contribution in [2.45, 2.75) is 62.3 Å². The molecule has 16 nitrogen and oxygen atoms in total. The van der Waals surface area contributed by atoms with Gasteiger partial charge in [-0.05, 0) is 143 Å². The molecule has 10 heterocycles. The van der Waals surface area contributed by atoms with Crippen LogP contribution in [-0.4, -0.2) is 76.6 Å². The summed E-state index contributed by atoms with van der Waals surface area (Å²) >= 11 is 0. The third kappa shape index (κ3) is 34.8. The first kappa shape index (κ1) is 115. The first-order chi connectivity index (χ1) is 69.3. The Kier molecular flexibility index (Phi) is 47.1. The van der Waals surface area contributed by atoms with Crippen molar-refractivity contribution in [1.29, 1.82) is 0 Å². The maximum absolute atomic E-state index is 10.0. The standard InChI is InChI=1S/C28H21N4.C18H12NO.C16H11N2.2C16H12N.2C11H8N.2C5H8O2.5Ir/c1-19-6-10-22(11-7-19)26-30-27(23-12-8-20(2)9-13-23)32-28(31-26)24-16-14-21(15-17-24)25-5-3-4-18-29-25;1-12-9-10-19-16(11-12)15-7-4-6-14-13-5-2-3-8-17(13)20-18(14)15;1-2-6-13(7-3-1)16-12-14(9-11-18-16)15-8-4-5-10-17-15;1-12-10-14(16-8-4-5-9-17-16)11-13-6-2-3-7-15(12)13;1-12-10-13-6-2-3-7-14(13)11-15(12)16-8-4-5-9-17-16;2*1-2-6-10(7-3-1)11-8-4-5-9-12-11;2*1-4(6)3-5(2)7;;;;;/h3-14,16-18H,1-2H3;2-6,8-11H,1H3;1-6,8-12H;2*2-10H,1H3;2*1-6,8-9H;2*3,6H,1-2H3;;;;;/q7*-1;;;;;;;. The van der Waals surface area contributed by atoms with Crippen LogP contribution in [-0.2, 0) is 110 Å². The molecule has 12 aromatic carbocycles. The van der Waals surface area contributed by atoms with Crippen molar-refractivity contribution in [2.24, 2.45) is 0 Å². The van der Waals surface area contributed by atoms with Crippen molar-refractivity contribution in [1.82, 2.24) is 54.8 Å². The predicted octanol–water partition coefficient (Wildman–Crippen LogP) is 29.9. The van der Waals surface area contributed by atoms with E-state index in [1.807, 2.05) is 304 Å². The number of carbonyl (C=O) groups is 2. The molecular weight excluding hydrogens is 2710 g/mol. The van der Waals surface area contributed by atoms with Crippen LogP contribution in [0.2, 0.25) is 0 Å². The summed E-state index contributed by atoms with van der Waals surface area (Å²) in [7, 11) is 0. The van der Waals surface area contributed by atoms with Crippen LogP contribution in [0.15, 0.2) is 448 Å². The Labute approximate surface area is 926 Å². The van der Waals surface area contributed by atoms with Crippen LogP contribution in [0.4, 0.5) is 0 Å². The summed E-state index contributed by atoms with van der Waals surface area (Å²) in [5.41, 5.74) is 26.3. The molecule has 0 saturated carbocycles. The SMILES string of the molecule is CC(=O)C=C(C)O.CC(=O)C=C(C)O.Cc1cc(-c2ccccn2)[c-]c2ccccc12.Cc1cc2ccccc2[c-]c1-c1ccccn1.Cc1ccc(-c2nc(-c3c[c-]c(-c4ccccn4)cc3)nc(-c3ccc(C)cc3)n2)cc1.Cc1ccnc(-c2[c-]ccc3c2oc2ccccc23)c1.[Ir].[Ir].[Ir].[Ir].[Ir].[c-]1ccccc1-c1cc(-c2ccccn2)ccn1.[c-]1ccccc1-c1ccccn1.[c-]1ccccc1-c1ccccn1. The van der Waals surface area contributed by atoms with Gasteiger partial charge in [0.2, 0.25) is 0 Å². The number of aliphatic hydroxyl groups excluding tert-OH is 2.